The van der Waals surface area contributed by atoms with E-state index in [0.717, 1.165) is 45.5 Å². The first-order chi connectivity index (χ1) is 10.1. The largest absolute Gasteiger partial charge is 0.367 e. The number of nitrogens with zero attached hydrogens (tertiary/aromatic N) is 3. The van der Waals surface area contributed by atoms with Gasteiger partial charge in [0.25, 0.3) is 0 Å². The Bertz CT molecular complexity index is 422. The summed E-state index contributed by atoms with van der Waals surface area (Å²) in [5.41, 5.74) is 5.77. The predicted octanol–water partition coefficient (Wildman–Crippen LogP) is 2.08. The summed E-state index contributed by atoms with van der Waals surface area (Å²) in [7, 11) is 0. The molecule has 3 unspecified atom stereocenters. The highest BCUT2D eigenvalue weighted by molar-refractivity contribution is 4.97. The summed E-state index contributed by atoms with van der Waals surface area (Å²) in [6.45, 7) is 9.89. The van der Waals surface area contributed by atoms with Gasteiger partial charge in [0.05, 0.1) is 6.61 Å². The van der Waals surface area contributed by atoms with Gasteiger partial charge in [0.1, 0.15) is 6.10 Å². The molecular formula is C15H28N4O2. The van der Waals surface area contributed by atoms with Crippen LogP contribution < -0.4 is 5.73 Å². The van der Waals surface area contributed by atoms with Gasteiger partial charge in [-0.2, -0.15) is 4.98 Å². The topological polar surface area (TPSA) is 77.4 Å². The highest BCUT2D eigenvalue weighted by Crippen LogP contribution is 2.24. The zero-order valence-corrected chi connectivity index (χ0v) is 13.4. The summed E-state index contributed by atoms with van der Waals surface area (Å²) in [6.07, 6.45) is 3.07. The van der Waals surface area contributed by atoms with E-state index in [9.17, 15) is 0 Å². The highest BCUT2D eigenvalue weighted by atomic mass is 16.5. The van der Waals surface area contributed by atoms with E-state index in [-0.39, 0.29) is 18.1 Å². The molecule has 6 nitrogen and oxygen atoms in total. The summed E-state index contributed by atoms with van der Waals surface area (Å²) >= 11 is 0. The lowest BCUT2D eigenvalue weighted by Crippen LogP contribution is -2.38. The maximum atomic E-state index is 5.77. The molecule has 21 heavy (non-hydrogen) atoms. The van der Waals surface area contributed by atoms with Crippen LogP contribution in [0.15, 0.2) is 4.52 Å². The average Bonchev–Trinajstić information content (AvgIpc) is 2.97. The van der Waals surface area contributed by atoms with E-state index < -0.39 is 0 Å². The van der Waals surface area contributed by atoms with Crippen LogP contribution in [0.3, 0.4) is 0 Å². The molecule has 0 spiro atoms. The third kappa shape index (κ3) is 4.76. The quantitative estimate of drug-likeness (QED) is 0.830. The van der Waals surface area contributed by atoms with Crippen molar-refractivity contribution in [2.75, 3.05) is 26.2 Å². The second-order valence-corrected chi connectivity index (χ2v) is 6.05. The lowest BCUT2D eigenvalue weighted by atomic mass is 10.0. The molecule has 0 radical (unpaired) electrons. The van der Waals surface area contributed by atoms with Gasteiger partial charge in [0.2, 0.25) is 11.7 Å². The molecule has 120 valence electrons. The van der Waals surface area contributed by atoms with E-state index in [4.69, 9.17) is 15.0 Å². The molecule has 1 aromatic heterocycles. The van der Waals surface area contributed by atoms with Crippen molar-refractivity contribution >= 4 is 0 Å². The third-order valence-corrected chi connectivity index (χ3v) is 4.06. The van der Waals surface area contributed by atoms with E-state index in [1.54, 1.807) is 0 Å². The first kappa shape index (κ1) is 16.4. The molecule has 0 amide bonds. The summed E-state index contributed by atoms with van der Waals surface area (Å²) in [4.78, 5) is 6.88. The normalized spacial score (nSPS) is 23.1. The van der Waals surface area contributed by atoms with Gasteiger partial charge in [-0.1, -0.05) is 25.4 Å². The Morgan fingerprint density at radius 3 is 2.90 bits per heavy atom. The van der Waals surface area contributed by atoms with Gasteiger partial charge in [0, 0.05) is 25.0 Å². The molecule has 0 aromatic carbocycles. The van der Waals surface area contributed by atoms with Crippen LogP contribution >= 0.6 is 0 Å². The molecule has 0 aliphatic carbocycles. The molecule has 0 saturated carbocycles. The van der Waals surface area contributed by atoms with Gasteiger partial charge < -0.3 is 15.0 Å². The van der Waals surface area contributed by atoms with Crippen LogP contribution in [0.2, 0.25) is 0 Å². The molecule has 2 N–H and O–H groups in total. The maximum absolute atomic E-state index is 5.77. The van der Waals surface area contributed by atoms with Crippen LogP contribution in [0.1, 0.15) is 63.8 Å². The van der Waals surface area contributed by atoms with E-state index in [1.165, 1.54) is 0 Å². The van der Waals surface area contributed by atoms with Crippen molar-refractivity contribution in [3.05, 3.63) is 11.7 Å². The fourth-order valence-corrected chi connectivity index (χ4v) is 2.59. The maximum Gasteiger partial charge on any atom is 0.229 e. The van der Waals surface area contributed by atoms with Crippen molar-refractivity contribution in [3.63, 3.8) is 0 Å². The highest BCUT2D eigenvalue weighted by Gasteiger charge is 2.26. The summed E-state index contributed by atoms with van der Waals surface area (Å²) in [6, 6.07) is 0.256. The lowest BCUT2D eigenvalue weighted by molar-refractivity contribution is -0.0334. The number of hydrogen-bond acceptors (Lipinski definition) is 6. The molecule has 1 fully saturated rings. The number of rotatable bonds is 7. The first-order valence-electron chi connectivity index (χ1n) is 8.03. The van der Waals surface area contributed by atoms with Crippen LogP contribution in [-0.4, -0.2) is 47.3 Å². The van der Waals surface area contributed by atoms with Gasteiger partial charge in [-0.05, 0) is 26.3 Å². The van der Waals surface area contributed by atoms with E-state index in [2.05, 4.69) is 28.9 Å². The van der Waals surface area contributed by atoms with Crippen LogP contribution in [0.25, 0.3) is 0 Å². The summed E-state index contributed by atoms with van der Waals surface area (Å²) in [5.74, 6) is 1.67. The van der Waals surface area contributed by atoms with Gasteiger partial charge in [-0.3, -0.25) is 4.90 Å². The number of morpholine rings is 1. The van der Waals surface area contributed by atoms with Gasteiger partial charge >= 0.3 is 0 Å². The van der Waals surface area contributed by atoms with Crippen LogP contribution in [0.4, 0.5) is 0 Å². The van der Waals surface area contributed by atoms with Crippen molar-refractivity contribution < 1.29 is 9.26 Å². The molecule has 3 atom stereocenters. The molecule has 1 aliphatic rings. The number of ether oxygens (including phenoxy) is 1. The van der Waals surface area contributed by atoms with Gasteiger partial charge in [-0.25, -0.2) is 0 Å². The van der Waals surface area contributed by atoms with Crippen molar-refractivity contribution in [1.29, 1.82) is 0 Å². The summed E-state index contributed by atoms with van der Waals surface area (Å²) < 4.78 is 11.2. The van der Waals surface area contributed by atoms with E-state index in [0.29, 0.717) is 11.7 Å². The first-order valence-corrected chi connectivity index (χ1v) is 8.03. The third-order valence-electron chi connectivity index (χ3n) is 4.06. The number of nitrogens with two attached hydrogens (primary N) is 1. The Morgan fingerprint density at radius 1 is 1.38 bits per heavy atom. The molecule has 1 aromatic rings. The smallest absolute Gasteiger partial charge is 0.229 e. The van der Waals surface area contributed by atoms with Crippen molar-refractivity contribution in [2.24, 2.45) is 5.73 Å². The number of likely N-dealkylation sites (N-methyl/N-ethyl adjacent to an activating group) is 1. The molecule has 6 heteroatoms. The minimum Gasteiger partial charge on any atom is -0.367 e. The Balaban J connectivity index is 1.88. The molecule has 2 heterocycles. The van der Waals surface area contributed by atoms with Crippen molar-refractivity contribution in [2.45, 2.75) is 58.1 Å². The molecule has 1 saturated heterocycles. The SMILES string of the molecule is CCN1CCOC(c2noc(C(C)CCCC(C)N)n2)C1. The molecule has 0 bridgehead atoms. The second kappa shape index (κ2) is 7.87. The Labute approximate surface area is 127 Å². The Morgan fingerprint density at radius 2 is 2.19 bits per heavy atom. The van der Waals surface area contributed by atoms with Crippen LogP contribution in [-0.2, 0) is 4.74 Å². The zero-order chi connectivity index (χ0) is 15.2. The van der Waals surface area contributed by atoms with Crippen LogP contribution in [0, 0.1) is 0 Å². The fraction of sp³-hybridized carbons (Fsp3) is 0.867. The van der Waals surface area contributed by atoms with E-state index in [1.807, 2.05) is 6.92 Å². The molecular weight excluding hydrogens is 268 g/mol. The fourth-order valence-electron chi connectivity index (χ4n) is 2.59. The standard InChI is InChI=1S/C15H28N4O2/c1-4-19-8-9-20-13(10-19)14-17-15(21-18-14)11(2)6-5-7-12(3)16/h11-13H,4-10,16H2,1-3H3. The molecule has 2 rings (SSSR count). The Kier molecular flexibility index (Phi) is 6.14. The average molecular weight is 296 g/mol. The minimum absolute atomic E-state index is 0.0625. The molecule has 1 aliphatic heterocycles. The minimum atomic E-state index is -0.0625. The lowest BCUT2D eigenvalue weighted by Gasteiger charge is -2.30. The second-order valence-electron chi connectivity index (χ2n) is 6.05. The summed E-state index contributed by atoms with van der Waals surface area (Å²) in [5, 5.41) is 4.11. The van der Waals surface area contributed by atoms with Crippen molar-refractivity contribution in [3.8, 4) is 0 Å². The predicted molar refractivity (Wildman–Crippen MR) is 81.0 cm³/mol. The van der Waals surface area contributed by atoms with Gasteiger partial charge in [0.15, 0.2) is 0 Å². The Hall–Kier alpha value is -0.980. The van der Waals surface area contributed by atoms with Gasteiger partial charge in [-0.15, -0.1) is 0 Å². The zero-order valence-electron chi connectivity index (χ0n) is 13.4. The van der Waals surface area contributed by atoms with Crippen LogP contribution in [0.5, 0.6) is 0 Å². The van der Waals surface area contributed by atoms with Crippen molar-refractivity contribution in [1.82, 2.24) is 15.0 Å². The monoisotopic (exact) mass is 296 g/mol. The number of hydrogen-bond donors (Lipinski definition) is 1. The van der Waals surface area contributed by atoms with E-state index >= 15 is 0 Å². The number of aromatic nitrogens is 2.